The molecular weight excluding hydrogens is 270 g/mol. The lowest BCUT2D eigenvalue weighted by molar-refractivity contribution is -0.116. The van der Waals surface area contributed by atoms with E-state index in [2.05, 4.69) is 16.0 Å². The van der Waals surface area contributed by atoms with Gasteiger partial charge in [0.15, 0.2) is 0 Å². The first-order chi connectivity index (χ1) is 10.1. The molecular formula is C15H21N3O3. The van der Waals surface area contributed by atoms with Crippen molar-refractivity contribution in [1.82, 2.24) is 5.32 Å². The van der Waals surface area contributed by atoms with Crippen LogP contribution in [0.3, 0.4) is 0 Å². The van der Waals surface area contributed by atoms with Crippen LogP contribution in [0.25, 0.3) is 0 Å². The minimum absolute atomic E-state index is 0.0339. The van der Waals surface area contributed by atoms with E-state index in [0.29, 0.717) is 23.5 Å². The van der Waals surface area contributed by atoms with Crippen LogP contribution in [0.1, 0.15) is 26.2 Å². The van der Waals surface area contributed by atoms with Gasteiger partial charge in [-0.15, -0.1) is 0 Å². The second kappa shape index (κ2) is 7.08. The van der Waals surface area contributed by atoms with Crippen molar-refractivity contribution in [3.8, 4) is 5.75 Å². The number of carbonyl (C=O) groups excluding carboxylic acids is 2. The molecule has 114 valence electrons. The van der Waals surface area contributed by atoms with Crippen LogP contribution in [-0.2, 0) is 9.59 Å². The van der Waals surface area contributed by atoms with Crippen LogP contribution in [0.5, 0.6) is 5.75 Å². The predicted molar refractivity (Wildman–Crippen MR) is 81.6 cm³/mol. The first-order valence-electron chi connectivity index (χ1n) is 7.07. The van der Waals surface area contributed by atoms with Gasteiger partial charge in [0.05, 0.1) is 12.8 Å². The highest BCUT2D eigenvalue weighted by Gasteiger charge is 2.18. The molecule has 1 fully saturated rings. The minimum atomic E-state index is -0.188. The number of anilines is 2. The quantitative estimate of drug-likeness (QED) is 0.772. The van der Waals surface area contributed by atoms with Gasteiger partial charge in [-0.1, -0.05) is 0 Å². The van der Waals surface area contributed by atoms with Crippen molar-refractivity contribution >= 4 is 23.2 Å². The lowest BCUT2D eigenvalue weighted by Gasteiger charge is -2.13. The van der Waals surface area contributed by atoms with E-state index < -0.39 is 0 Å². The van der Waals surface area contributed by atoms with E-state index in [1.165, 1.54) is 14.0 Å². The van der Waals surface area contributed by atoms with Gasteiger partial charge in [-0.25, -0.2) is 0 Å². The van der Waals surface area contributed by atoms with Gasteiger partial charge in [0.1, 0.15) is 5.75 Å². The highest BCUT2D eigenvalue weighted by atomic mass is 16.5. The molecule has 3 N–H and O–H groups in total. The fraction of sp³-hybridized carbons (Fsp3) is 0.467. The summed E-state index contributed by atoms with van der Waals surface area (Å²) >= 11 is 0. The Kier molecular flexibility index (Phi) is 5.16. The number of rotatable bonds is 5. The second-order valence-corrected chi connectivity index (χ2v) is 5.14. The third-order valence-electron chi connectivity index (χ3n) is 3.39. The maximum atomic E-state index is 12.0. The Bertz CT molecular complexity index is 525. The molecule has 0 aliphatic carbocycles. The molecule has 2 rings (SSSR count). The molecule has 0 aromatic heterocycles. The molecule has 1 aromatic carbocycles. The Balaban J connectivity index is 2.01. The fourth-order valence-electron chi connectivity index (χ4n) is 2.44. The maximum absolute atomic E-state index is 12.0. The van der Waals surface area contributed by atoms with Gasteiger partial charge in [0.2, 0.25) is 11.8 Å². The SMILES string of the molecule is COc1ccc(NC(=O)CC2CCCN2)cc1NC(C)=O. The highest BCUT2D eigenvalue weighted by Crippen LogP contribution is 2.28. The van der Waals surface area contributed by atoms with Gasteiger partial charge in [-0.3, -0.25) is 9.59 Å². The fourth-order valence-corrected chi connectivity index (χ4v) is 2.44. The summed E-state index contributed by atoms with van der Waals surface area (Å²) in [6.45, 7) is 2.41. The number of carbonyl (C=O) groups is 2. The van der Waals surface area contributed by atoms with E-state index in [1.807, 2.05) is 0 Å². The monoisotopic (exact) mass is 291 g/mol. The summed E-state index contributed by atoms with van der Waals surface area (Å²) in [5, 5.41) is 8.82. The molecule has 6 nitrogen and oxygen atoms in total. The van der Waals surface area contributed by atoms with Crippen LogP contribution in [-0.4, -0.2) is 31.5 Å². The molecule has 21 heavy (non-hydrogen) atoms. The normalized spacial score (nSPS) is 17.3. The molecule has 1 aromatic rings. The summed E-state index contributed by atoms with van der Waals surface area (Å²) in [7, 11) is 1.53. The number of benzene rings is 1. The van der Waals surface area contributed by atoms with Crippen molar-refractivity contribution in [2.75, 3.05) is 24.3 Å². The molecule has 1 atom stereocenters. The zero-order valence-corrected chi connectivity index (χ0v) is 12.4. The van der Waals surface area contributed by atoms with E-state index >= 15 is 0 Å². The predicted octanol–water partition coefficient (Wildman–Crippen LogP) is 1.73. The van der Waals surface area contributed by atoms with Crippen molar-refractivity contribution in [2.45, 2.75) is 32.2 Å². The Morgan fingerprint density at radius 3 is 2.81 bits per heavy atom. The lowest BCUT2D eigenvalue weighted by Crippen LogP contribution is -2.27. The largest absolute Gasteiger partial charge is 0.495 e. The standard InChI is InChI=1S/C15H21N3O3/c1-10(19)17-13-8-12(5-6-14(13)21-2)18-15(20)9-11-4-3-7-16-11/h5-6,8,11,16H,3-4,7,9H2,1-2H3,(H,17,19)(H,18,20). The first-order valence-corrected chi connectivity index (χ1v) is 7.07. The molecule has 0 spiro atoms. The van der Waals surface area contributed by atoms with Crippen LogP contribution < -0.4 is 20.7 Å². The average Bonchev–Trinajstić information content (AvgIpc) is 2.91. The number of ether oxygens (including phenoxy) is 1. The topological polar surface area (TPSA) is 79.5 Å². The average molecular weight is 291 g/mol. The van der Waals surface area contributed by atoms with Gasteiger partial charge in [-0.2, -0.15) is 0 Å². The summed E-state index contributed by atoms with van der Waals surface area (Å²) < 4.78 is 5.18. The minimum Gasteiger partial charge on any atom is -0.495 e. The summed E-state index contributed by atoms with van der Waals surface area (Å²) in [5.74, 6) is 0.334. The molecule has 1 saturated heterocycles. The van der Waals surface area contributed by atoms with Crippen molar-refractivity contribution in [3.63, 3.8) is 0 Å². The molecule has 0 bridgehead atoms. The zero-order chi connectivity index (χ0) is 15.2. The molecule has 1 aliphatic rings. The molecule has 0 radical (unpaired) electrons. The Morgan fingerprint density at radius 1 is 1.38 bits per heavy atom. The molecule has 1 heterocycles. The van der Waals surface area contributed by atoms with E-state index in [-0.39, 0.29) is 17.9 Å². The van der Waals surface area contributed by atoms with E-state index in [1.54, 1.807) is 18.2 Å². The number of hydrogen-bond acceptors (Lipinski definition) is 4. The van der Waals surface area contributed by atoms with Gasteiger partial charge in [0, 0.05) is 25.1 Å². The van der Waals surface area contributed by atoms with Crippen LogP contribution >= 0.6 is 0 Å². The lowest BCUT2D eigenvalue weighted by atomic mass is 10.1. The van der Waals surface area contributed by atoms with Crippen molar-refractivity contribution in [1.29, 1.82) is 0 Å². The van der Waals surface area contributed by atoms with Gasteiger partial charge in [-0.05, 0) is 37.6 Å². The third kappa shape index (κ3) is 4.46. The third-order valence-corrected chi connectivity index (χ3v) is 3.39. The van der Waals surface area contributed by atoms with Gasteiger partial charge >= 0.3 is 0 Å². The molecule has 1 aliphatic heterocycles. The summed E-state index contributed by atoms with van der Waals surface area (Å²) in [6.07, 6.45) is 2.61. The van der Waals surface area contributed by atoms with E-state index in [4.69, 9.17) is 4.74 Å². The zero-order valence-electron chi connectivity index (χ0n) is 12.4. The summed E-state index contributed by atoms with van der Waals surface area (Å²) in [5.41, 5.74) is 1.18. The number of methoxy groups -OCH3 is 1. The Labute approximate surface area is 124 Å². The summed E-state index contributed by atoms with van der Waals surface area (Å²) in [4.78, 5) is 23.2. The first kappa shape index (κ1) is 15.3. The van der Waals surface area contributed by atoms with Gasteiger partial charge < -0.3 is 20.7 Å². The number of nitrogens with one attached hydrogen (secondary N) is 3. The summed E-state index contributed by atoms with van der Waals surface area (Å²) in [6, 6.07) is 5.43. The Hall–Kier alpha value is -2.08. The second-order valence-electron chi connectivity index (χ2n) is 5.14. The van der Waals surface area contributed by atoms with Crippen molar-refractivity contribution < 1.29 is 14.3 Å². The van der Waals surface area contributed by atoms with Crippen molar-refractivity contribution in [2.24, 2.45) is 0 Å². The van der Waals surface area contributed by atoms with Crippen LogP contribution in [0, 0.1) is 0 Å². The Morgan fingerprint density at radius 2 is 2.19 bits per heavy atom. The maximum Gasteiger partial charge on any atom is 0.225 e. The van der Waals surface area contributed by atoms with Crippen molar-refractivity contribution in [3.05, 3.63) is 18.2 Å². The van der Waals surface area contributed by atoms with Crippen LogP contribution in [0.4, 0.5) is 11.4 Å². The van der Waals surface area contributed by atoms with Crippen LogP contribution in [0.15, 0.2) is 18.2 Å². The van der Waals surface area contributed by atoms with E-state index in [0.717, 1.165) is 19.4 Å². The van der Waals surface area contributed by atoms with Gasteiger partial charge in [0.25, 0.3) is 0 Å². The smallest absolute Gasteiger partial charge is 0.225 e. The molecule has 2 amide bonds. The highest BCUT2D eigenvalue weighted by molar-refractivity contribution is 5.94. The molecule has 1 unspecified atom stereocenters. The molecule has 0 saturated carbocycles. The number of amides is 2. The number of hydrogen-bond donors (Lipinski definition) is 3. The molecule has 6 heteroatoms. The van der Waals surface area contributed by atoms with Crippen LogP contribution in [0.2, 0.25) is 0 Å². The van der Waals surface area contributed by atoms with E-state index in [9.17, 15) is 9.59 Å².